The van der Waals surface area contributed by atoms with Crippen LogP contribution in [-0.2, 0) is 6.54 Å². The smallest absolute Gasteiger partial charge is 0.0785 e. The van der Waals surface area contributed by atoms with Crippen molar-refractivity contribution in [3.8, 4) is 22.5 Å². The first-order valence-corrected chi connectivity index (χ1v) is 18.0. The number of nitrogens with zero attached hydrogens (tertiary/aromatic N) is 2. The third kappa shape index (κ3) is 4.00. The molecule has 11 rings (SSSR count). The zero-order valence-corrected chi connectivity index (χ0v) is 28.4. The average Bonchev–Trinajstić information content (AvgIpc) is 3.73. The Labute approximate surface area is 300 Å². The molecule has 0 saturated carbocycles. The lowest BCUT2D eigenvalue weighted by Gasteiger charge is -2.23. The van der Waals surface area contributed by atoms with Gasteiger partial charge in [0.2, 0.25) is 0 Å². The van der Waals surface area contributed by atoms with Crippen molar-refractivity contribution in [2.24, 2.45) is 5.73 Å². The minimum absolute atomic E-state index is 0.406. The molecule has 9 aromatic carbocycles. The highest BCUT2D eigenvalue weighted by Gasteiger charge is 2.24. The van der Waals surface area contributed by atoms with E-state index in [2.05, 4.69) is 185 Å². The van der Waals surface area contributed by atoms with Crippen molar-refractivity contribution in [1.29, 1.82) is 0 Å². The molecule has 3 nitrogen and oxygen atoms in total. The van der Waals surface area contributed by atoms with Crippen molar-refractivity contribution in [3.63, 3.8) is 0 Å². The molecule has 244 valence electrons. The Bertz CT molecular complexity index is 3090. The maximum absolute atomic E-state index is 6.75. The van der Waals surface area contributed by atoms with E-state index in [1.54, 1.807) is 0 Å². The molecule has 0 aliphatic rings. The second-order valence-electron chi connectivity index (χ2n) is 13.8. The fraction of sp³-hybridized carbons (Fsp3) is 0.0204. The quantitative estimate of drug-likeness (QED) is 0.187. The summed E-state index contributed by atoms with van der Waals surface area (Å²) in [5.74, 6) is 0. The van der Waals surface area contributed by atoms with Gasteiger partial charge in [0.15, 0.2) is 0 Å². The molecule has 0 unspecified atom stereocenters. The van der Waals surface area contributed by atoms with Crippen molar-refractivity contribution in [2.45, 2.75) is 6.54 Å². The van der Waals surface area contributed by atoms with Gasteiger partial charge in [0.1, 0.15) is 0 Å². The van der Waals surface area contributed by atoms with Gasteiger partial charge in [0, 0.05) is 33.7 Å². The van der Waals surface area contributed by atoms with Crippen LogP contribution < -0.4 is 5.73 Å². The number of fused-ring (bicyclic) bond motifs is 12. The van der Waals surface area contributed by atoms with Gasteiger partial charge in [-0.25, -0.2) is 0 Å². The van der Waals surface area contributed by atoms with E-state index in [4.69, 9.17) is 5.73 Å². The van der Waals surface area contributed by atoms with E-state index in [0.29, 0.717) is 6.54 Å². The summed E-state index contributed by atoms with van der Waals surface area (Å²) in [4.78, 5) is 0. The van der Waals surface area contributed by atoms with Gasteiger partial charge in [-0.2, -0.15) is 0 Å². The van der Waals surface area contributed by atoms with E-state index >= 15 is 0 Å². The van der Waals surface area contributed by atoms with Crippen LogP contribution in [0.15, 0.2) is 176 Å². The topological polar surface area (TPSA) is 35.9 Å². The second-order valence-corrected chi connectivity index (χ2v) is 13.8. The zero-order chi connectivity index (χ0) is 34.3. The molecule has 0 atom stereocenters. The highest BCUT2D eigenvalue weighted by atomic mass is 15.1. The summed E-state index contributed by atoms with van der Waals surface area (Å²) >= 11 is 0. The maximum atomic E-state index is 6.75. The standard InChI is InChI=1S/C49H33N3/c50-30-32-26-28-47(51-43-21-9-5-17-38(43)39-18-6-10-22-44(39)51)49(52-45-23-11-7-19-40(45)41-20-8-12-24-46(41)52)48(32)31-25-27-37-35-15-2-1-13-33(35)34-14-3-4-16-36(34)42(37)29-31/h1-29H,30,50H2. The van der Waals surface area contributed by atoms with Crippen molar-refractivity contribution in [2.75, 3.05) is 0 Å². The van der Waals surface area contributed by atoms with E-state index in [1.165, 1.54) is 75.9 Å². The van der Waals surface area contributed by atoms with Crippen molar-refractivity contribution >= 4 is 75.9 Å². The fourth-order valence-electron chi connectivity index (χ4n) is 8.93. The van der Waals surface area contributed by atoms with Gasteiger partial charge >= 0.3 is 0 Å². The molecule has 0 bridgehead atoms. The van der Waals surface area contributed by atoms with Gasteiger partial charge < -0.3 is 14.9 Å². The molecule has 0 radical (unpaired) electrons. The fourth-order valence-corrected chi connectivity index (χ4v) is 8.93. The molecular formula is C49H33N3. The van der Waals surface area contributed by atoms with Crippen LogP contribution in [-0.4, -0.2) is 9.13 Å². The van der Waals surface area contributed by atoms with Gasteiger partial charge in [0.25, 0.3) is 0 Å². The summed E-state index contributed by atoms with van der Waals surface area (Å²) in [5, 5.41) is 12.5. The number of aromatic nitrogens is 2. The molecular weight excluding hydrogens is 631 g/mol. The number of para-hydroxylation sites is 4. The van der Waals surface area contributed by atoms with Crippen LogP contribution in [0.5, 0.6) is 0 Å². The molecule has 0 aliphatic carbocycles. The second kappa shape index (κ2) is 11.2. The zero-order valence-electron chi connectivity index (χ0n) is 28.4. The van der Waals surface area contributed by atoms with Crippen LogP contribution >= 0.6 is 0 Å². The predicted molar refractivity (Wildman–Crippen MR) is 221 cm³/mol. The third-order valence-electron chi connectivity index (χ3n) is 11.1. The van der Waals surface area contributed by atoms with E-state index < -0.39 is 0 Å². The van der Waals surface area contributed by atoms with Gasteiger partial charge in [-0.15, -0.1) is 0 Å². The minimum Gasteiger partial charge on any atom is -0.326 e. The molecule has 0 fully saturated rings. The highest BCUT2D eigenvalue weighted by Crippen LogP contribution is 2.45. The Balaban J connectivity index is 1.35. The normalized spacial score (nSPS) is 12.0. The predicted octanol–water partition coefficient (Wildman–Crippen LogP) is 12.5. The summed E-state index contributed by atoms with van der Waals surface area (Å²) in [6.07, 6.45) is 0. The van der Waals surface area contributed by atoms with Crippen LogP contribution in [0.4, 0.5) is 0 Å². The van der Waals surface area contributed by atoms with Gasteiger partial charge in [-0.05, 0) is 79.8 Å². The van der Waals surface area contributed by atoms with Gasteiger partial charge in [-0.3, -0.25) is 0 Å². The number of nitrogens with two attached hydrogens (primary N) is 1. The van der Waals surface area contributed by atoms with Crippen molar-refractivity contribution < 1.29 is 0 Å². The molecule has 3 heteroatoms. The van der Waals surface area contributed by atoms with Crippen LogP contribution in [0.25, 0.3) is 98.4 Å². The first kappa shape index (κ1) is 29.1. The van der Waals surface area contributed by atoms with E-state index in [9.17, 15) is 0 Å². The lowest BCUT2D eigenvalue weighted by molar-refractivity contribution is 1.04. The largest absolute Gasteiger partial charge is 0.326 e. The first-order chi connectivity index (χ1) is 25.8. The Morgan fingerprint density at radius 1 is 0.346 bits per heavy atom. The lowest BCUT2D eigenvalue weighted by atomic mass is 9.90. The number of hydrogen-bond donors (Lipinski definition) is 1. The molecule has 52 heavy (non-hydrogen) atoms. The third-order valence-corrected chi connectivity index (χ3v) is 11.1. The Morgan fingerprint density at radius 3 is 1.19 bits per heavy atom. The summed E-state index contributed by atoms with van der Waals surface area (Å²) in [6.45, 7) is 0.406. The van der Waals surface area contributed by atoms with Crippen molar-refractivity contribution in [1.82, 2.24) is 9.13 Å². The molecule has 0 amide bonds. The maximum Gasteiger partial charge on any atom is 0.0785 e. The summed E-state index contributed by atoms with van der Waals surface area (Å²) in [6, 6.07) is 64.3. The average molecular weight is 664 g/mol. The molecule has 11 aromatic rings. The van der Waals surface area contributed by atoms with Gasteiger partial charge in [0.05, 0.1) is 33.4 Å². The molecule has 0 saturated heterocycles. The first-order valence-electron chi connectivity index (χ1n) is 18.0. The number of benzene rings is 9. The lowest BCUT2D eigenvalue weighted by Crippen LogP contribution is -2.09. The molecule has 2 heterocycles. The number of hydrogen-bond acceptors (Lipinski definition) is 1. The Morgan fingerprint density at radius 2 is 0.731 bits per heavy atom. The van der Waals surface area contributed by atoms with E-state index in [1.807, 2.05) is 0 Å². The highest BCUT2D eigenvalue weighted by molar-refractivity contribution is 6.26. The number of rotatable bonds is 4. The van der Waals surface area contributed by atoms with Crippen molar-refractivity contribution in [3.05, 3.63) is 181 Å². The SMILES string of the molecule is NCc1ccc(-n2c3ccccc3c3ccccc32)c(-n2c3ccccc3c3ccccc32)c1-c1ccc2c3ccccc3c3ccccc3c2c1. The van der Waals surface area contributed by atoms with E-state index in [-0.39, 0.29) is 0 Å². The van der Waals surface area contributed by atoms with Crippen LogP contribution in [0.3, 0.4) is 0 Å². The van der Waals surface area contributed by atoms with Gasteiger partial charge in [-0.1, -0.05) is 140 Å². The molecule has 0 aliphatic heterocycles. The Kier molecular flexibility index (Phi) is 6.24. The Hall–Kier alpha value is -6.68. The molecule has 0 spiro atoms. The summed E-state index contributed by atoms with van der Waals surface area (Å²) in [7, 11) is 0. The van der Waals surface area contributed by atoms with E-state index in [0.717, 1.165) is 28.1 Å². The summed E-state index contributed by atoms with van der Waals surface area (Å²) < 4.78 is 4.94. The van der Waals surface area contributed by atoms with Crippen LogP contribution in [0, 0.1) is 0 Å². The summed E-state index contributed by atoms with van der Waals surface area (Å²) in [5.41, 5.74) is 17.1. The van der Waals surface area contributed by atoms with Crippen LogP contribution in [0.1, 0.15) is 5.56 Å². The van der Waals surface area contributed by atoms with Crippen LogP contribution in [0.2, 0.25) is 0 Å². The molecule has 2 N–H and O–H groups in total. The monoisotopic (exact) mass is 663 g/mol. The molecule has 2 aromatic heterocycles. The minimum atomic E-state index is 0.406.